The molecule has 1 aliphatic rings. The van der Waals surface area contributed by atoms with E-state index in [0.29, 0.717) is 39.2 Å². The molecule has 3 rings (SSSR count). The number of nitrogens with one attached hydrogen (secondary N) is 2. The van der Waals surface area contributed by atoms with Gasteiger partial charge in [0.15, 0.2) is 5.17 Å². The minimum Gasteiger partial charge on any atom is -0.497 e. The van der Waals surface area contributed by atoms with Gasteiger partial charge >= 0.3 is 5.97 Å². The van der Waals surface area contributed by atoms with E-state index in [1.807, 2.05) is 36.4 Å². The summed E-state index contributed by atoms with van der Waals surface area (Å²) in [7, 11) is 4.46. The molecule has 0 saturated carbocycles. The Labute approximate surface area is 191 Å². The molecular formula is C23H25N3O5S. The number of hydrogen-bond donors (Lipinski definition) is 2. The highest BCUT2D eigenvalue weighted by atomic mass is 32.2. The third-order valence-electron chi connectivity index (χ3n) is 4.78. The summed E-state index contributed by atoms with van der Waals surface area (Å²) in [4.78, 5) is 29.6. The lowest BCUT2D eigenvalue weighted by molar-refractivity contribution is -0.137. The van der Waals surface area contributed by atoms with Crippen LogP contribution in [0.15, 0.2) is 64.8 Å². The average Bonchev–Trinajstić information content (AvgIpc) is 2.82. The fourth-order valence-corrected chi connectivity index (χ4v) is 3.97. The number of benzene rings is 2. The SMILES string of the molecule is COC(=O)CSC1=N[C@@H](c2ccc(OC)cc2OC)C(C(=O)Nc2ccccc2)=C(C)N1. The molecule has 0 aliphatic carbocycles. The lowest BCUT2D eigenvalue weighted by Crippen LogP contribution is -2.32. The number of amides is 1. The second-order valence-corrected chi connectivity index (χ2v) is 7.76. The summed E-state index contributed by atoms with van der Waals surface area (Å²) in [5, 5.41) is 6.56. The van der Waals surface area contributed by atoms with E-state index in [1.165, 1.54) is 18.9 Å². The predicted octanol–water partition coefficient (Wildman–Crippen LogP) is 3.52. The zero-order chi connectivity index (χ0) is 23.1. The smallest absolute Gasteiger partial charge is 0.316 e. The molecule has 2 aromatic carbocycles. The normalized spacial score (nSPS) is 15.4. The van der Waals surface area contributed by atoms with Crippen molar-refractivity contribution in [1.82, 2.24) is 5.32 Å². The molecule has 0 saturated heterocycles. The van der Waals surface area contributed by atoms with Crippen molar-refractivity contribution < 1.29 is 23.8 Å². The van der Waals surface area contributed by atoms with Crippen LogP contribution in [0.5, 0.6) is 11.5 Å². The quantitative estimate of drug-likeness (QED) is 0.617. The van der Waals surface area contributed by atoms with Gasteiger partial charge in [0.25, 0.3) is 5.91 Å². The summed E-state index contributed by atoms with van der Waals surface area (Å²) in [6, 6.07) is 13.9. The van der Waals surface area contributed by atoms with E-state index in [9.17, 15) is 9.59 Å². The van der Waals surface area contributed by atoms with Crippen LogP contribution in [-0.2, 0) is 14.3 Å². The number of carbonyl (C=O) groups excluding carboxylic acids is 2. The molecule has 0 aromatic heterocycles. The zero-order valence-corrected chi connectivity index (χ0v) is 19.1. The molecule has 1 atom stereocenters. The number of aliphatic imine (C=N–C) groups is 1. The van der Waals surface area contributed by atoms with Gasteiger partial charge in [-0.1, -0.05) is 30.0 Å². The van der Waals surface area contributed by atoms with Gasteiger partial charge in [0.05, 0.1) is 32.7 Å². The highest BCUT2D eigenvalue weighted by Gasteiger charge is 2.31. The Balaban J connectivity index is 2.00. The fraction of sp³-hybridized carbons (Fsp3) is 0.261. The van der Waals surface area contributed by atoms with Crippen LogP contribution in [0.3, 0.4) is 0 Å². The Bertz CT molecular complexity index is 1050. The highest BCUT2D eigenvalue weighted by Crippen LogP contribution is 2.39. The molecule has 0 radical (unpaired) electrons. The van der Waals surface area contributed by atoms with Crippen LogP contribution in [0.2, 0.25) is 0 Å². The van der Waals surface area contributed by atoms with Gasteiger partial charge in [0.2, 0.25) is 0 Å². The molecule has 32 heavy (non-hydrogen) atoms. The summed E-state index contributed by atoms with van der Waals surface area (Å²) in [6.45, 7) is 1.80. The molecule has 1 aliphatic heterocycles. The van der Waals surface area contributed by atoms with Gasteiger partial charge in [0, 0.05) is 23.0 Å². The van der Waals surface area contributed by atoms with E-state index in [1.54, 1.807) is 33.3 Å². The minimum absolute atomic E-state index is 0.0909. The summed E-state index contributed by atoms with van der Waals surface area (Å²) >= 11 is 1.20. The molecule has 0 fully saturated rings. The van der Waals surface area contributed by atoms with Crippen molar-refractivity contribution >= 4 is 34.5 Å². The first-order valence-corrected chi connectivity index (χ1v) is 10.8. The number of methoxy groups -OCH3 is 3. The summed E-state index contributed by atoms with van der Waals surface area (Å²) < 4.78 is 15.6. The van der Waals surface area contributed by atoms with E-state index in [-0.39, 0.29) is 17.6 Å². The number of amidine groups is 1. The minimum atomic E-state index is -0.652. The van der Waals surface area contributed by atoms with Crippen molar-refractivity contribution in [3.63, 3.8) is 0 Å². The zero-order valence-electron chi connectivity index (χ0n) is 18.3. The number of nitrogens with zero attached hydrogens (tertiary/aromatic N) is 1. The molecule has 1 amide bonds. The van der Waals surface area contributed by atoms with Gasteiger partial charge in [-0.2, -0.15) is 0 Å². The number of esters is 1. The first kappa shape index (κ1) is 23.2. The maximum absolute atomic E-state index is 13.3. The first-order chi connectivity index (χ1) is 15.5. The van der Waals surface area contributed by atoms with Gasteiger partial charge in [0.1, 0.15) is 17.5 Å². The standard InChI is InChI=1S/C23H25N3O5S/c1-14-20(22(28)25-15-8-6-5-7-9-15)21(26-23(24-14)32-13-19(27)31-4)17-11-10-16(29-2)12-18(17)30-3/h5-12,21H,13H2,1-4H3,(H,24,26)(H,25,28)/t21-/m0/s1. The Kier molecular flexibility index (Phi) is 7.77. The number of hydrogen-bond acceptors (Lipinski definition) is 8. The second-order valence-electron chi connectivity index (χ2n) is 6.79. The second kappa shape index (κ2) is 10.7. The largest absolute Gasteiger partial charge is 0.497 e. The monoisotopic (exact) mass is 455 g/mol. The van der Waals surface area contributed by atoms with Crippen molar-refractivity contribution in [3.05, 3.63) is 65.4 Å². The molecule has 168 valence electrons. The van der Waals surface area contributed by atoms with Crippen LogP contribution in [0.25, 0.3) is 0 Å². The maximum atomic E-state index is 13.3. The molecule has 0 spiro atoms. The van der Waals surface area contributed by atoms with E-state index < -0.39 is 6.04 Å². The van der Waals surface area contributed by atoms with Gasteiger partial charge < -0.3 is 24.8 Å². The van der Waals surface area contributed by atoms with Crippen LogP contribution in [0.1, 0.15) is 18.5 Å². The molecule has 8 nitrogen and oxygen atoms in total. The summed E-state index contributed by atoms with van der Waals surface area (Å²) in [5.41, 5.74) is 2.44. The van der Waals surface area contributed by atoms with Crippen molar-refractivity contribution in [1.29, 1.82) is 0 Å². The van der Waals surface area contributed by atoms with E-state index in [2.05, 4.69) is 10.6 Å². The van der Waals surface area contributed by atoms with Crippen molar-refractivity contribution in [3.8, 4) is 11.5 Å². The van der Waals surface area contributed by atoms with Crippen LogP contribution < -0.4 is 20.1 Å². The number of rotatable bonds is 7. The number of thioether (sulfide) groups is 1. The van der Waals surface area contributed by atoms with Crippen LogP contribution >= 0.6 is 11.8 Å². The van der Waals surface area contributed by atoms with Crippen LogP contribution in [0.4, 0.5) is 5.69 Å². The Morgan fingerprint density at radius 3 is 2.50 bits per heavy atom. The molecule has 2 N–H and O–H groups in total. The van der Waals surface area contributed by atoms with Gasteiger partial charge in [-0.05, 0) is 31.2 Å². The van der Waals surface area contributed by atoms with Crippen molar-refractivity contribution in [2.24, 2.45) is 4.99 Å². The topological polar surface area (TPSA) is 98.2 Å². The lowest BCUT2D eigenvalue weighted by atomic mass is 9.95. The highest BCUT2D eigenvalue weighted by molar-refractivity contribution is 8.14. The van der Waals surface area contributed by atoms with Crippen LogP contribution in [0, 0.1) is 0 Å². The van der Waals surface area contributed by atoms with E-state index in [4.69, 9.17) is 19.2 Å². The number of anilines is 1. The molecule has 0 unspecified atom stereocenters. The fourth-order valence-electron chi connectivity index (χ4n) is 3.19. The molecule has 9 heteroatoms. The summed E-state index contributed by atoms with van der Waals surface area (Å²) in [6.07, 6.45) is 0. The Morgan fingerprint density at radius 1 is 1.09 bits per heavy atom. The molecule has 0 bridgehead atoms. The van der Waals surface area contributed by atoms with Crippen LogP contribution in [-0.4, -0.2) is 44.1 Å². The molecule has 1 heterocycles. The third kappa shape index (κ3) is 5.42. The predicted molar refractivity (Wildman–Crippen MR) is 125 cm³/mol. The lowest BCUT2D eigenvalue weighted by Gasteiger charge is -2.27. The number of ether oxygens (including phenoxy) is 3. The van der Waals surface area contributed by atoms with Crippen molar-refractivity contribution in [2.45, 2.75) is 13.0 Å². The van der Waals surface area contributed by atoms with Crippen molar-refractivity contribution in [2.75, 3.05) is 32.4 Å². The van der Waals surface area contributed by atoms with Gasteiger partial charge in [-0.25, -0.2) is 4.99 Å². The van der Waals surface area contributed by atoms with E-state index in [0.717, 1.165) is 0 Å². The Morgan fingerprint density at radius 2 is 1.84 bits per heavy atom. The molecule has 2 aromatic rings. The van der Waals surface area contributed by atoms with Gasteiger partial charge in [-0.15, -0.1) is 0 Å². The van der Waals surface area contributed by atoms with Gasteiger partial charge in [-0.3, -0.25) is 9.59 Å². The molecular weight excluding hydrogens is 430 g/mol. The number of carbonyl (C=O) groups is 2. The summed E-state index contributed by atoms with van der Waals surface area (Å²) in [5.74, 6) is 0.597. The van der Waals surface area contributed by atoms with E-state index >= 15 is 0 Å². The Hall–Kier alpha value is -3.46. The number of allylic oxidation sites excluding steroid dienone is 1. The number of para-hydroxylation sites is 1. The first-order valence-electron chi connectivity index (χ1n) is 9.80. The average molecular weight is 456 g/mol. The third-order valence-corrected chi connectivity index (χ3v) is 5.65. The maximum Gasteiger partial charge on any atom is 0.316 e.